The number of benzene rings is 2. The molecule has 0 atom stereocenters. The Kier molecular flexibility index (Phi) is 15.2. The Labute approximate surface area is 245 Å². The first-order valence-electron chi connectivity index (χ1n) is 15.3. The summed E-state index contributed by atoms with van der Waals surface area (Å²) in [6.45, 7) is 3.76. The van der Waals surface area contributed by atoms with Crippen molar-refractivity contribution in [3.8, 4) is 11.5 Å². The maximum absolute atomic E-state index is 12.8. The van der Waals surface area contributed by atoms with Crippen molar-refractivity contribution >= 4 is 22.9 Å². The second-order valence-corrected chi connectivity index (χ2v) is 11.4. The van der Waals surface area contributed by atoms with Gasteiger partial charge in [-0.2, -0.15) is 4.57 Å². The second kappa shape index (κ2) is 19.3. The fourth-order valence-corrected chi connectivity index (χ4v) is 5.46. The van der Waals surface area contributed by atoms with Crippen molar-refractivity contribution in [3.05, 3.63) is 70.7 Å². The van der Waals surface area contributed by atoms with Gasteiger partial charge in [-0.05, 0) is 36.8 Å². The number of carbonyl (C=O) groups is 1. The van der Waals surface area contributed by atoms with Crippen LogP contribution >= 0.6 is 11.3 Å². The number of unbranched alkanes of at least 4 members (excludes halogenated alkanes) is 13. The normalized spacial score (nSPS) is 10.9. The van der Waals surface area contributed by atoms with Gasteiger partial charge in [0.2, 0.25) is 5.51 Å². The number of carbonyl (C=O) groups excluding carboxylic acids is 1. The number of anilines is 1. The van der Waals surface area contributed by atoms with Gasteiger partial charge >= 0.3 is 0 Å². The summed E-state index contributed by atoms with van der Waals surface area (Å²) in [5.74, 6) is 1.10. The van der Waals surface area contributed by atoms with Crippen molar-refractivity contribution in [1.29, 1.82) is 0 Å². The molecule has 1 N–H and O–H groups in total. The van der Waals surface area contributed by atoms with E-state index < -0.39 is 0 Å². The minimum atomic E-state index is -0.170. The van der Waals surface area contributed by atoms with Crippen molar-refractivity contribution in [3.63, 3.8) is 0 Å². The first-order valence-corrected chi connectivity index (χ1v) is 16.3. The number of thiazole rings is 1. The molecule has 0 unspecified atom stereocenters. The van der Waals surface area contributed by atoms with Crippen LogP contribution in [0, 0.1) is 0 Å². The van der Waals surface area contributed by atoms with E-state index in [-0.39, 0.29) is 5.91 Å². The molecule has 0 radical (unpaired) electrons. The summed E-state index contributed by atoms with van der Waals surface area (Å²) in [5, 5.41) is 5.03. The molecule has 1 aromatic heterocycles. The standard InChI is InChI=1S/C34H48N2O3S/c1-3-4-5-6-7-8-9-10-11-12-13-14-15-16-24-39-32-22-19-30(26-33(32)38-2)34(37)35-31-20-17-29(18-21-31)27-36-23-25-40-28-36/h17-23,25-26,28H,3-16,24,27H2,1-2H3/p+1. The lowest BCUT2D eigenvalue weighted by molar-refractivity contribution is -0.683. The highest BCUT2D eigenvalue weighted by Crippen LogP contribution is 2.29. The van der Waals surface area contributed by atoms with E-state index in [4.69, 9.17) is 9.47 Å². The van der Waals surface area contributed by atoms with E-state index in [1.807, 2.05) is 30.3 Å². The largest absolute Gasteiger partial charge is 0.493 e. The molecule has 1 amide bonds. The van der Waals surface area contributed by atoms with Gasteiger partial charge in [0.1, 0.15) is 0 Å². The second-order valence-electron chi connectivity index (χ2n) is 10.7. The minimum Gasteiger partial charge on any atom is -0.493 e. The Bertz CT molecular complexity index is 1080. The zero-order valence-corrected chi connectivity index (χ0v) is 25.5. The average molecular weight is 566 g/mol. The van der Waals surface area contributed by atoms with Crippen LogP contribution in [-0.4, -0.2) is 19.6 Å². The van der Waals surface area contributed by atoms with E-state index in [1.54, 1.807) is 30.6 Å². The van der Waals surface area contributed by atoms with Crippen LogP contribution in [0.15, 0.2) is 59.6 Å². The summed E-state index contributed by atoms with van der Waals surface area (Å²) in [6, 6.07) is 13.3. The molecule has 3 aromatic rings. The SMILES string of the molecule is CCCCCCCCCCCCCCCCOc1ccc(C(=O)Nc2ccc(C[n+]3ccsc3)cc2)cc1OC. The zero-order valence-electron chi connectivity index (χ0n) is 24.7. The Hall–Kier alpha value is -2.86. The van der Waals surface area contributed by atoms with Crippen molar-refractivity contribution in [2.24, 2.45) is 0 Å². The van der Waals surface area contributed by atoms with Crippen LogP contribution < -0.4 is 19.4 Å². The number of nitrogens with zero attached hydrogens (tertiary/aromatic N) is 1. The molecule has 0 aliphatic rings. The van der Waals surface area contributed by atoms with E-state index in [1.165, 1.54) is 89.0 Å². The van der Waals surface area contributed by atoms with Crippen LogP contribution in [0.4, 0.5) is 5.69 Å². The molecule has 0 saturated carbocycles. The van der Waals surface area contributed by atoms with Crippen LogP contribution in [-0.2, 0) is 6.54 Å². The topological polar surface area (TPSA) is 51.4 Å². The molecule has 0 aliphatic heterocycles. The Balaban J connectivity index is 1.28. The smallest absolute Gasteiger partial charge is 0.255 e. The number of methoxy groups -OCH3 is 1. The van der Waals surface area contributed by atoms with Crippen LogP contribution in [0.3, 0.4) is 0 Å². The number of hydrogen-bond donors (Lipinski definition) is 1. The lowest BCUT2D eigenvalue weighted by Crippen LogP contribution is -2.30. The highest BCUT2D eigenvalue weighted by Gasteiger charge is 2.12. The third kappa shape index (κ3) is 12.1. The number of nitrogens with one attached hydrogen (secondary N) is 1. The third-order valence-corrected chi connectivity index (χ3v) is 7.96. The van der Waals surface area contributed by atoms with Crippen LogP contribution in [0.5, 0.6) is 11.5 Å². The Morgan fingerprint density at radius 1 is 0.800 bits per heavy atom. The monoisotopic (exact) mass is 565 g/mol. The number of rotatable bonds is 21. The van der Waals surface area contributed by atoms with E-state index in [0.717, 1.165) is 18.7 Å². The van der Waals surface area contributed by atoms with E-state index in [2.05, 4.69) is 33.9 Å². The molecule has 5 nitrogen and oxygen atoms in total. The summed E-state index contributed by atoms with van der Waals surface area (Å²) in [5.41, 5.74) is 4.57. The van der Waals surface area contributed by atoms with Gasteiger partial charge in [0.25, 0.3) is 5.91 Å². The highest BCUT2D eigenvalue weighted by molar-refractivity contribution is 7.07. The van der Waals surface area contributed by atoms with E-state index in [9.17, 15) is 4.79 Å². The number of hydrogen-bond acceptors (Lipinski definition) is 4. The predicted molar refractivity (Wildman–Crippen MR) is 167 cm³/mol. The summed E-state index contributed by atoms with van der Waals surface area (Å²) >= 11 is 1.67. The Morgan fingerprint density at radius 2 is 1.43 bits per heavy atom. The van der Waals surface area contributed by atoms with Gasteiger partial charge in [0.15, 0.2) is 24.2 Å². The quantitative estimate of drug-likeness (QED) is 0.103. The first kappa shape index (κ1) is 31.7. The summed E-state index contributed by atoms with van der Waals surface area (Å²) < 4.78 is 13.6. The molecule has 2 aromatic carbocycles. The fourth-order valence-electron chi connectivity index (χ4n) is 4.87. The summed E-state index contributed by atoms with van der Waals surface area (Å²) in [4.78, 5) is 12.8. The number of amides is 1. The molecule has 218 valence electrons. The van der Waals surface area contributed by atoms with Crippen molar-refractivity contribution in [1.82, 2.24) is 0 Å². The van der Waals surface area contributed by atoms with Crippen molar-refractivity contribution < 1.29 is 18.8 Å². The zero-order chi connectivity index (χ0) is 28.3. The molecule has 0 fully saturated rings. The summed E-state index contributed by atoms with van der Waals surface area (Å²) in [7, 11) is 1.61. The van der Waals surface area contributed by atoms with Gasteiger partial charge in [-0.3, -0.25) is 4.79 Å². The lowest BCUT2D eigenvalue weighted by Gasteiger charge is -2.12. The van der Waals surface area contributed by atoms with Gasteiger partial charge in [-0.25, -0.2) is 0 Å². The average Bonchev–Trinajstić information content (AvgIpc) is 3.49. The molecule has 40 heavy (non-hydrogen) atoms. The molecule has 3 rings (SSSR count). The molecule has 0 spiro atoms. The number of aromatic nitrogens is 1. The first-order chi connectivity index (χ1) is 19.7. The Morgan fingerprint density at radius 3 is 2.00 bits per heavy atom. The molecule has 0 saturated heterocycles. The van der Waals surface area contributed by atoms with Gasteiger partial charge in [0, 0.05) is 16.8 Å². The van der Waals surface area contributed by atoms with Crippen LogP contribution in [0.2, 0.25) is 0 Å². The predicted octanol–water partition coefficient (Wildman–Crippen LogP) is 9.20. The highest BCUT2D eigenvalue weighted by atomic mass is 32.1. The van der Waals surface area contributed by atoms with Crippen LogP contribution in [0.1, 0.15) is 113 Å². The molecule has 0 aliphatic carbocycles. The van der Waals surface area contributed by atoms with Crippen LogP contribution in [0.25, 0.3) is 0 Å². The maximum Gasteiger partial charge on any atom is 0.255 e. The third-order valence-electron chi connectivity index (χ3n) is 7.29. The minimum absolute atomic E-state index is 0.170. The molecule has 6 heteroatoms. The van der Waals surface area contributed by atoms with E-state index >= 15 is 0 Å². The molecule has 1 heterocycles. The molecule has 0 bridgehead atoms. The van der Waals surface area contributed by atoms with Gasteiger partial charge in [0.05, 0.1) is 19.1 Å². The maximum atomic E-state index is 12.8. The van der Waals surface area contributed by atoms with Crippen molar-refractivity contribution in [2.45, 2.75) is 103 Å². The van der Waals surface area contributed by atoms with E-state index in [0.29, 0.717) is 23.7 Å². The number of ether oxygens (including phenoxy) is 2. The lowest BCUT2D eigenvalue weighted by atomic mass is 10.0. The van der Waals surface area contributed by atoms with Gasteiger partial charge < -0.3 is 14.8 Å². The molecular weight excluding hydrogens is 516 g/mol. The van der Waals surface area contributed by atoms with Gasteiger partial charge in [-0.15, -0.1) is 0 Å². The fraction of sp³-hybridized carbons (Fsp3) is 0.529. The summed E-state index contributed by atoms with van der Waals surface area (Å²) in [6.07, 6.45) is 20.8. The van der Waals surface area contributed by atoms with Gasteiger partial charge in [-0.1, -0.05) is 114 Å². The molecular formula is C34H49N2O3S+. The van der Waals surface area contributed by atoms with Crippen molar-refractivity contribution in [2.75, 3.05) is 19.0 Å².